The fourth-order valence-electron chi connectivity index (χ4n) is 1.98. The monoisotopic (exact) mass is 272 g/mol. The maximum absolute atomic E-state index is 8.92. The Bertz CT molecular complexity index is 525. The van der Waals surface area contributed by atoms with Crippen molar-refractivity contribution < 1.29 is 14.2 Å². The Morgan fingerprint density at radius 1 is 1.15 bits per heavy atom. The van der Waals surface area contributed by atoms with Crippen molar-refractivity contribution in [3.63, 3.8) is 0 Å². The van der Waals surface area contributed by atoms with Crippen LogP contribution in [0.25, 0.3) is 0 Å². The molecule has 0 aliphatic carbocycles. The molecule has 0 aromatic heterocycles. The number of rotatable bonds is 5. The maximum atomic E-state index is 8.92. The molecule has 1 atom stereocenters. The van der Waals surface area contributed by atoms with Gasteiger partial charge in [-0.05, 0) is 37.5 Å². The first kappa shape index (κ1) is 14.3. The van der Waals surface area contributed by atoms with E-state index < -0.39 is 0 Å². The van der Waals surface area contributed by atoms with Crippen LogP contribution in [0.2, 0.25) is 0 Å². The molecule has 20 heavy (non-hydrogen) atoms. The third-order valence-electron chi connectivity index (χ3n) is 3.03. The van der Waals surface area contributed by atoms with Crippen molar-refractivity contribution in [1.29, 1.82) is 10.5 Å². The second kappa shape index (κ2) is 7.49. The second-order valence-electron chi connectivity index (χ2n) is 4.45. The van der Waals surface area contributed by atoms with Gasteiger partial charge in [-0.15, -0.1) is 0 Å². The summed E-state index contributed by atoms with van der Waals surface area (Å²) in [5.74, 6) is 0.564. The van der Waals surface area contributed by atoms with E-state index in [9.17, 15) is 0 Å². The summed E-state index contributed by atoms with van der Waals surface area (Å²) in [7, 11) is 0. The van der Waals surface area contributed by atoms with E-state index in [1.165, 1.54) is 0 Å². The molecule has 5 heteroatoms. The first-order chi connectivity index (χ1) is 9.83. The van der Waals surface area contributed by atoms with E-state index in [0.29, 0.717) is 30.1 Å². The molecule has 0 spiro atoms. The van der Waals surface area contributed by atoms with Gasteiger partial charge in [0.25, 0.3) is 0 Å². The SMILES string of the molecule is N#Cc1ccc(OCCOC2CCCCO2)cc1C#N. The Morgan fingerprint density at radius 3 is 2.70 bits per heavy atom. The van der Waals surface area contributed by atoms with Crippen LogP contribution in [-0.2, 0) is 9.47 Å². The zero-order chi connectivity index (χ0) is 14.2. The van der Waals surface area contributed by atoms with Gasteiger partial charge in [0.15, 0.2) is 6.29 Å². The lowest BCUT2D eigenvalue weighted by molar-refractivity contribution is -0.165. The molecule has 1 fully saturated rings. The van der Waals surface area contributed by atoms with Crippen molar-refractivity contribution in [2.45, 2.75) is 25.6 Å². The summed E-state index contributed by atoms with van der Waals surface area (Å²) in [4.78, 5) is 0. The Morgan fingerprint density at radius 2 is 2.00 bits per heavy atom. The standard InChI is InChI=1S/C15H16N2O3/c16-10-12-4-5-14(9-13(12)11-17)18-7-8-20-15-3-1-2-6-19-15/h4-5,9,15H,1-3,6-8H2. The van der Waals surface area contributed by atoms with Crippen LogP contribution in [0.3, 0.4) is 0 Å². The minimum Gasteiger partial charge on any atom is -0.491 e. The number of hydrogen-bond donors (Lipinski definition) is 0. The number of nitriles is 2. The molecule has 1 aromatic carbocycles. The van der Waals surface area contributed by atoms with E-state index >= 15 is 0 Å². The number of nitrogens with zero attached hydrogens (tertiary/aromatic N) is 2. The van der Waals surface area contributed by atoms with Gasteiger partial charge in [-0.2, -0.15) is 10.5 Å². The van der Waals surface area contributed by atoms with Gasteiger partial charge in [0.05, 0.1) is 17.7 Å². The van der Waals surface area contributed by atoms with E-state index in [4.69, 9.17) is 24.7 Å². The van der Waals surface area contributed by atoms with Gasteiger partial charge in [-0.1, -0.05) is 0 Å². The molecule has 0 N–H and O–H groups in total. The largest absolute Gasteiger partial charge is 0.491 e. The van der Waals surface area contributed by atoms with Crippen LogP contribution in [0.4, 0.5) is 0 Å². The molecule has 0 amide bonds. The molecule has 0 radical (unpaired) electrons. The topological polar surface area (TPSA) is 75.3 Å². The molecule has 1 saturated heterocycles. The average molecular weight is 272 g/mol. The molecule has 1 unspecified atom stereocenters. The minimum atomic E-state index is -0.122. The lowest BCUT2D eigenvalue weighted by Crippen LogP contribution is -2.24. The van der Waals surface area contributed by atoms with E-state index in [0.717, 1.165) is 25.9 Å². The normalized spacial score (nSPS) is 18.0. The third-order valence-corrected chi connectivity index (χ3v) is 3.03. The summed E-state index contributed by atoms with van der Waals surface area (Å²) in [6, 6.07) is 8.76. The minimum absolute atomic E-state index is 0.122. The zero-order valence-corrected chi connectivity index (χ0v) is 11.2. The molecule has 1 heterocycles. The van der Waals surface area contributed by atoms with Crippen LogP contribution in [0.1, 0.15) is 30.4 Å². The first-order valence-corrected chi connectivity index (χ1v) is 6.64. The summed E-state index contributed by atoms with van der Waals surface area (Å²) in [6.07, 6.45) is 3.03. The van der Waals surface area contributed by atoms with Crippen molar-refractivity contribution >= 4 is 0 Å². The third kappa shape index (κ3) is 3.96. The smallest absolute Gasteiger partial charge is 0.157 e. The van der Waals surface area contributed by atoms with Gasteiger partial charge in [-0.3, -0.25) is 0 Å². The molecule has 104 valence electrons. The second-order valence-corrected chi connectivity index (χ2v) is 4.45. The Hall–Kier alpha value is -2.08. The molecule has 0 saturated carbocycles. The molecule has 2 rings (SSSR count). The molecule has 1 aliphatic heterocycles. The highest BCUT2D eigenvalue weighted by Crippen LogP contribution is 2.17. The van der Waals surface area contributed by atoms with Gasteiger partial charge in [-0.25, -0.2) is 0 Å². The van der Waals surface area contributed by atoms with Gasteiger partial charge in [0.2, 0.25) is 0 Å². The van der Waals surface area contributed by atoms with Crippen LogP contribution < -0.4 is 4.74 Å². The molecular weight excluding hydrogens is 256 g/mol. The van der Waals surface area contributed by atoms with Crippen molar-refractivity contribution in [3.05, 3.63) is 29.3 Å². The van der Waals surface area contributed by atoms with Gasteiger partial charge in [0, 0.05) is 6.61 Å². The van der Waals surface area contributed by atoms with Gasteiger partial charge in [0.1, 0.15) is 24.5 Å². The molecule has 5 nitrogen and oxygen atoms in total. The van der Waals surface area contributed by atoms with E-state index in [1.54, 1.807) is 18.2 Å². The highest BCUT2D eigenvalue weighted by Gasteiger charge is 2.13. The molecule has 1 aliphatic rings. The summed E-state index contributed by atoms with van der Waals surface area (Å²) in [5.41, 5.74) is 0.674. The van der Waals surface area contributed by atoms with Crippen LogP contribution in [0.5, 0.6) is 5.75 Å². The number of hydrogen-bond acceptors (Lipinski definition) is 5. The highest BCUT2D eigenvalue weighted by atomic mass is 16.7. The fourth-order valence-corrected chi connectivity index (χ4v) is 1.98. The van der Waals surface area contributed by atoms with Gasteiger partial charge >= 0.3 is 0 Å². The summed E-state index contributed by atoms with van der Waals surface area (Å²) >= 11 is 0. The Labute approximate surface area is 118 Å². The Kier molecular flexibility index (Phi) is 5.37. The molecular formula is C15H16N2O3. The van der Waals surface area contributed by atoms with Gasteiger partial charge < -0.3 is 14.2 Å². The number of benzene rings is 1. The van der Waals surface area contributed by atoms with E-state index in [2.05, 4.69) is 0 Å². The van der Waals surface area contributed by atoms with Crippen molar-refractivity contribution in [3.8, 4) is 17.9 Å². The van der Waals surface area contributed by atoms with Crippen molar-refractivity contribution in [1.82, 2.24) is 0 Å². The molecule has 1 aromatic rings. The summed E-state index contributed by atoms with van der Waals surface area (Å²) < 4.78 is 16.5. The van der Waals surface area contributed by atoms with Crippen molar-refractivity contribution in [2.24, 2.45) is 0 Å². The van der Waals surface area contributed by atoms with E-state index in [1.807, 2.05) is 12.1 Å². The summed E-state index contributed by atoms with van der Waals surface area (Å²) in [5, 5.41) is 17.7. The van der Waals surface area contributed by atoms with Crippen molar-refractivity contribution in [2.75, 3.05) is 19.8 Å². The predicted molar refractivity (Wildman–Crippen MR) is 70.9 cm³/mol. The van der Waals surface area contributed by atoms with Crippen LogP contribution >= 0.6 is 0 Å². The summed E-state index contributed by atoms with van der Waals surface area (Å²) in [6.45, 7) is 1.58. The Balaban J connectivity index is 1.77. The number of ether oxygens (including phenoxy) is 3. The lowest BCUT2D eigenvalue weighted by Gasteiger charge is -2.22. The average Bonchev–Trinajstić information content (AvgIpc) is 2.52. The zero-order valence-electron chi connectivity index (χ0n) is 11.2. The quantitative estimate of drug-likeness (QED) is 0.769. The highest BCUT2D eigenvalue weighted by molar-refractivity contribution is 5.49. The molecule has 0 bridgehead atoms. The maximum Gasteiger partial charge on any atom is 0.157 e. The first-order valence-electron chi connectivity index (χ1n) is 6.64. The van der Waals surface area contributed by atoms with E-state index in [-0.39, 0.29) is 6.29 Å². The van der Waals surface area contributed by atoms with Crippen LogP contribution in [0, 0.1) is 22.7 Å². The lowest BCUT2D eigenvalue weighted by atomic mass is 10.1. The predicted octanol–water partition coefficient (Wildman–Crippen LogP) is 2.35. The van der Waals surface area contributed by atoms with Crippen LogP contribution in [0.15, 0.2) is 18.2 Å². The fraction of sp³-hybridized carbons (Fsp3) is 0.467. The van der Waals surface area contributed by atoms with Crippen LogP contribution in [-0.4, -0.2) is 26.1 Å².